The molecule has 0 unspecified atom stereocenters. The fourth-order valence-corrected chi connectivity index (χ4v) is 2.01. The van der Waals surface area contributed by atoms with Crippen molar-refractivity contribution in [3.8, 4) is 0 Å². The van der Waals surface area contributed by atoms with Crippen molar-refractivity contribution in [2.75, 3.05) is 7.11 Å². The zero-order valence-electron chi connectivity index (χ0n) is 10.1. The molecule has 1 fully saturated rings. The monoisotopic (exact) mass is 210 g/mol. The second-order valence-corrected chi connectivity index (χ2v) is 4.50. The number of unbranched alkanes of at least 4 members (excludes halogenated alkanes) is 2. The van der Waals surface area contributed by atoms with E-state index in [4.69, 9.17) is 0 Å². The summed E-state index contributed by atoms with van der Waals surface area (Å²) in [5.41, 5.74) is 0.764. The maximum absolute atomic E-state index is 11.2. The van der Waals surface area contributed by atoms with E-state index < -0.39 is 0 Å². The Hall–Kier alpha value is -0.790. The van der Waals surface area contributed by atoms with Gasteiger partial charge in [-0.25, -0.2) is 4.79 Å². The Morgan fingerprint density at radius 1 is 1.47 bits per heavy atom. The summed E-state index contributed by atoms with van der Waals surface area (Å²) in [6.07, 6.45) is 8.63. The first-order chi connectivity index (χ1) is 7.19. The molecule has 0 saturated heterocycles. The van der Waals surface area contributed by atoms with E-state index in [1.54, 1.807) is 0 Å². The van der Waals surface area contributed by atoms with Crippen molar-refractivity contribution in [1.82, 2.24) is 0 Å². The molecule has 1 aliphatic rings. The summed E-state index contributed by atoms with van der Waals surface area (Å²) < 4.78 is 4.67. The van der Waals surface area contributed by atoms with E-state index >= 15 is 0 Å². The number of hydrogen-bond donors (Lipinski definition) is 0. The lowest BCUT2D eigenvalue weighted by atomic mass is 10.1. The SMILES string of the molecule is CCCCC[C@@H]1C[C@H]1/C=C(\C)C(=O)OC. The van der Waals surface area contributed by atoms with E-state index in [1.807, 2.05) is 6.92 Å². The van der Waals surface area contributed by atoms with Crippen LogP contribution >= 0.6 is 0 Å². The summed E-state index contributed by atoms with van der Waals surface area (Å²) in [5.74, 6) is 1.28. The van der Waals surface area contributed by atoms with Crippen LogP contribution in [0.4, 0.5) is 0 Å². The highest BCUT2D eigenvalue weighted by atomic mass is 16.5. The fourth-order valence-electron chi connectivity index (χ4n) is 2.01. The molecule has 1 aliphatic carbocycles. The number of hydrogen-bond acceptors (Lipinski definition) is 2. The molecule has 2 heteroatoms. The standard InChI is InChI=1S/C13H22O2/c1-4-5-6-7-11-9-12(11)8-10(2)13(14)15-3/h8,11-12H,4-7,9H2,1-3H3/b10-8+/t11-,12-/m1/s1. The van der Waals surface area contributed by atoms with Crippen molar-refractivity contribution in [2.45, 2.75) is 46.0 Å². The second kappa shape index (κ2) is 5.94. The molecule has 0 aromatic rings. The smallest absolute Gasteiger partial charge is 0.333 e. The average Bonchev–Trinajstić information content (AvgIpc) is 2.96. The summed E-state index contributed by atoms with van der Waals surface area (Å²) in [7, 11) is 1.44. The number of allylic oxidation sites excluding steroid dienone is 1. The number of methoxy groups -OCH3 is 1. The van der Waals surface area contributed by atoms with Gasteiger partial charge in [0.2, 0.25) is 0 Å². The first kappa shape index (κ1) is 12.3. The lowest BCUT2D eigenvalue weighted by Gasteiger charge is -1.99. The van der Waals surface area contributed by atoms with Gasteiger partial charge in [-0.05, 0) is 31.6 Å². The molecule has 15 heavy (non-hydrogen) atoms. The topological polar surface area (TPSA) is 26.3 Å². The van der Waals surface area contributed by atoms with Crippen molar-refractivity contribution in [3.63, 3.8) is 0 Å². The third-order valence-electron chi connectivity index (χ3n) is 3.13. The molecule has 0 radical (unpaired) electrons. The molecule has 0 heterocycles. The van der Waals surface area contributed by atoms with Crippen LogP contribution < -0.4 is 0 Å². The second-order valence-electron chi connectivity index (χ2n) is 4.50. The number of carbonyl (C=O) groups excluding carboxylic acids is 1. The third kappa shape index (κ3) is 4.06. The Balaban J connectivity index is 2.23. The Kier molecular flexibility index (Phi) is 4.86. The molecule has 0 amide bonds. The highest BCUT2D eigenvalue weighted by Gasteiger charge is 2.34. The molecule has 1 saturated carbocycles. The van der Waals surface area contributed by atoms with Crippen LogP contribution in [-0.2, 0) is 9.53 Å². The van der Waals surface area contributed by atoms with Gasteiger partial charge in [-0.15, -0.1) is 0 Å². The molecule has 2 atom stereocenters. The summed E-state index contributed by atoms with van der Waals surface area (Å²) in [6, 6.07) is 0. The van der Waals surface area contributed by atoms with Crippen molar-refractivity contribution >= 4 is 5.97 Å². The van der Waals surface area contributed by atoms with Crippen LogP contribution in [0.5, 0.6) is 0 Å². The molecule has 0 aromatic carbocycles. The van der Waals surface area contributed by atoms with Gasteiger partial charge >= 0.3 is 5.97 Å². The van der Waals surface area contributed by atoms with Crippen molar-refractivity contribution < 1.29 is 9.53 Å². The number of esters is 1. The van der Waals surface area contributed by atoms with Gasteiger partial charge in [0.15, 0.2) is 0 Å². The summed E-state index contributed by atoms with van der Waals surface area (Å²) in [4.78, 5) is 11.2. The lowest BCUT2D eigenvalue weighted by molar-refractivity contribution is -0.136. The minimum Gasteiger partial charge on any atom is -0.466 e. The van der Waals surface area contributed by atoms with Gasteiger partial charge in [0, 0.05) is 5.57 Å². The van der Waals surface area contributed by atoms with Crippen LogP contribution in [0.3, 0.4) is 0 Å². The first-order valence-electron chi connectivity index (χ1n) is 5.95. The van der Waals surface area contributed by atoms with Crippen LogP contribution in [0.25, 0.3) is 0 Å². The highest BCUT2D eigenvalue weighted by molar-refractivity contribution is 5.87. The van der Waals surface area contributed by atoms with Crippen LogP contribution in [0, 0.1) is 11.8 Å². The molecule has 0 aromatic heterocycles. The Morgan fingerprint density at radius 3 is 2.80 bits per heavy atom. The Bertz CT molecular complexity index is 243. The summed E-state index contributed by atoms with van der Waals surface area (Å²) >= 11 is 0. The minimum atomic E-state index is -0.186. The quantitative estimate of drug-likeness (QED) is 0.382. The molecule has 0 spiro atoms. The normalized spacial score (nSPS) is 25.1. The molecule has 0 bridgehead atoms. The lowest BCUT2D eigenvalue weighted by Crippen LogP contribution is -2.01. The van der Waals surface area contributed by atoms with Crippen LogP contribution in [-0.4, -0.2) is 13.1 Å². The predicted molar refractivity (Wildman–Crippen MR) is 61.5 cm³/mol. The van der Waals surface area contributed by atoms with Crippen LogP contribution in [0.15, 0.2) is 11.6 Å². The van der Waals surface area contributed by atoms with Crippen molar-refractivity contribution in [2.24, 2.45) is 11.8 Å². The Labute approximate surface area is 92.7 Å². The molecule has 86 valence electrons. The number of carbonyl (C=O) groups is 1. The largest absolute Gasteiger partial charge is 0.466 e. The van der Waals surface area contributed by atoms with Gasteiger partial charge in [0.1, 0.15) is 0 Å². The van der Waals surface area contributed by atoms with Gasteiger partial charge in [0.05, 0.1) is 7.11 Å². The minimum absolute atomic E-state index is 0.186. The predicted octanol–water partition coefficient (Wildman–Crippen LogP) is 3.32. The van der Waals surface area contributed by atoms with E-state index in [9.17, 15) is 4.79 Å². The maximum Gasteiger partial charge on any atom is 0.333 e. The van der Waals surface area contributed by atoms with E-state index in [2.05, 4.69) is 17.7 Å². The Morgan fingerprint density at radius 2 is 2.20 bits per heavy atom. The number of ether oxygens (including phenoxy) is 1. The summed E-state index contributed by atoms with van der Waals surface area (Å²) in [6.45, 7) is 4.07. The van der Waals surface area contributed by atoms with Crippen molar-refractivity contribution in [3.05, 3.63) is 11.6 Å². The van der Waals surface area contributed by atoms with Gasteiger partial charge < -0.3 is 4.74 Å². The van der Waals surface area contributed by atoms with E-state index in [-0.39, 0.29) is 5.97 Å². The van der Waals surface area contributed by atoms with E-state index in [1.165, 1.54) is 39.2 Å². The fraction of sp³-hybridized carbons (Fsp3) is 0.769. The highest BCUT2D eigenvalue weighted by Crippen LogP contribution is 2.44. The molecule has 1 rings (SSSR count). The molecule has 2 nitrogen and oxygen atoms in total. The van der Waals surface area contributed by atoms with E-state index in [0.29, 0.717) is 5.92 Å². The van der Waals surface area contributed by atoms with Gasteiger partial charge in [0.25, 0.3) is 0 Å². The molecular formula is C13H22O2. The average molecular weight is 210 g/mol. The zero-order chi connectivity index (χ0) is 11.3. The zero-order valence-corrected chi connectivity index (χ0v) is 10.1. The van der Waals surface area contributed by atoms with Gasteiger partial charge in [-0.3, -0.25) is 0 Å². The summed E-state index contributed by atoms with van der Waals surface area (Å²) in [5, 5.41) is 0. The third-order valence-corrected chi connectivity index (χ3v) is 3.13. The molecule has 0 N–H and O–H groups in total. The van der Waals surface area contributed by atoms with Crippen molar-refractivity contribution in [1.29, 1.82) is 0 Å². The molecule has 0 aliphatic heterocycles. The van der Waals surface area contributed by atoms with Gasteiger partial charge in [-0.1, -0.05) is 32.3 Å². The molecular weight excluding hydrogens is 188 g/mol. The van der Waals surface area contributed by atoms with Crippen LogP contribution in [0.1, 0.15) is 46.0 Å². The van der Waals surface area contributed by atoms with Gasteiger partial charge in [-0.2, -0.15) is 0 Å². The number of rotatable bonds is 6. The maximum atomic E-state index is 11.2. The first-order valence-corrected chi connectivity index (χ1v) is 5.95. The van der Waals surface area contributed by atoms with Crippen LogP contribution in [0.2, 0.25) is 0 Å². The van der Waals surface area contributed by atoms with E-state index in [0.717, 1.165) is 11.5 Å².